The maximum Gasteiger partial charge on any atom is 0.222 e. The molecule has 1 amide bonds. The highest BCUT2D eigenvalue weighted by Crippen LogP contribution is 2.45. The highest BCUT2D eigenvalue weighted by molar-refractivity contribution is 9.11. The summed E-state index contributed by atoms with van der Waals surface area (Å²) in [5.41, 5.74) is 5.05. The van der Waals surface area contributed by atoms with Crippen LogP contribution in [-0.4, -0.2) is 52.9 Å². The molecular weight excluding hydrogens is 572 g/mol. The zero-order chi connectivity index (χ0) is 24.5. The monoisotopic (exact) mass is 600 g/mol. The second kappa shape index (κ2) is 10.5. The van der Waals surface area contributed by atoms with Crippen molar-refractivity contribution in [1.82, 2.24) is 14.8 Å². The minimum atomic E-state index is -0.607. The van der Waals surface area contributed by atoms with Gasteiger partial charge in [-0.2, -0.15) is 0 Å². The molecule has 6 nitrogen and oxygen atoms in total. The van der Waals surface area contributed by atoms with E-state index in [0.29, 0.717) is 31.3 Å². The number of aromatic nitrogens is 1. The maximum absolute atomic E-state index is 13.1. The fourth-order valence-corrected chi connectivity index (χ4v) is 7.45. The molecule has 0 radical (unpaired) electrons. The van der Waals surface area contributed by atoms with Crippen molar-refractivity contribution in [1.29, 1.82) is 5.41 Å². The molecule has 0 bridgehead atoms. The zero-order valence-corrected chi connectivity index (χ0v) is 22.9. The van der Waals surface area contributed by atoms with E-state index in [4.69, 9.17) is 10.4 Å². The third-order valence-electron chi connectivity index (χ3n) is 7.84. The molecule has 2 aromatic rings. The van der Waals surface area contributed by atoms with E-state index in [1.54, 1.807) is 4.90 Å². The Morgan fingerprint density at radius 2 is 1.74 bits per heavy atom. The highest BCUT2D eigenvalue weighted by Gasteiger charge is 2.41. The van der Waals surface area contributed by atoms with Gasteiger partial charge >= 0.3 is 0 Å². The van der Waals surface area contributed by atoms with Crippen molar-refractivity contribution in [2.45, 2.75) is 44.9 Å². The SMILES string of the molecule is N=C([O-])N1CCC(CC(=O)N2CCC([C+]3c4ncccc4CCc4cc(Br)cc(Br)c43)CC2)CC1. The number of piperidine rings is 2. The molecule has 1 N–H and O–H groups in total. The first-order chi connectivity index (χ1) is 16.9. The first-order valence-electron chi connectivity index (χ1n) is 12.5. The van der Waals surface area contributed by atoms with E-state index in [1.165, 1.54) is 22.6 Å². The van der Waals surface area contributed by atoms with Gasteiger partial charge in [-0.1, -0.05) is 0 Å². The van der Waals surface area contributed by atoms with Crippen molar-refractivity contribution < 1.29 is 9.90 Å². The van der Waals surface area contributed by atoms with E-state index >= 15 is 0 Å². The summed E-state index contributed by atoms with van der Waals surface area (Å²) >= 11 is 7.52. The Hall–Kier alpha value is -2.06. The second-order valence-corrected chi connectivity index (χ2v) is 11.7. The van der Waals surface area contributed by atoms with E-state index in [-0.39, 0.29) is 5.91 Å². The van der Waals surface area contributed by atoms with Gasteiger partial charge in [-0.3, -0.25) is 10.2 Å². The van der Waals surface area contributed by atoms with Crippen LogP contribution in [-0.2, 0) is 17.6 Å². The van der Waals surface area contributed by atoms with E-state index in [1.807, 2.05) is 17.2 Å². The topological polar surface area (TPSA) is 83.3 Å². The molecule has 0 atom stereocenters. The Bertz CT molecular complexity index is 1110. The van der Waals surface area contributed by atoms with Crippen LogP contribution in [0.2, 0.25) is 0 Å². The summed E-state index contributed by atoms with van der Waals surface area (Å²) in [5, 5.41) is 18.5. The molecule has 1 aromatic carbocycles. The minimum absolute atomic E-state index is 0.231. The maximum atomic E-state index is 13.1. The first-order valence-corrected chi connectivity index (χ1v) is 14.1. The van der Waals surface area contributed by atoms with Crippen LogP contribution in [0.5, 0.6) is 0 Å². The summed E-state index contributed by atoms with van der Waals surface area (Å²) in [4.78, 5) is 21.5. The van der Waals surface area contributed by atoms with Crippen molar-refractivity contribution in [3.05, 3.63) is 67.7 Å². The van der Waals surface area contributed by atoms with Crippen LogP contribution in [0.4, 0.5) is 0 Å². The Morgan fingerprint density at radius 1 is 1.06 bits per heavy atom. The Kier molecular flexibility index (Phi) is 7.39. The number of aryl methyl sites for hydroxylation is 2. The fourth-order valence-electron chi connectivity index (χ4n) is 5.93. The van der Waals surface area contributed by atoms with Crippen LogP contribution in [0, 0.1) is 23.2 Å². The lowest BCUT2D eigenvalue weighted by Gasteiger charge is -2.37. The summed E-state index contributed by atoms with van der Waals surface area (Å²) < 4.78 is 2.19. The quantitative estimate of drug-likeness (QED) is 0.323. The van der Waals surface area contributed by atoms with Crippen molar-refractivity contribution >= 4 is 43.8 Å². The Morgan fingerprint density at radius 3 is 2.46 bits per heavy atom. The highest BCUT2D eigenvalue weighted by atomic mass is 79.9. The van der Waals surface area contributed by atoms with Gasteiger partial charge in [0.15, 0.2) is 5.69 Å². The molecule has 0 unspecified atom stereocenters. The number of hydrogen-bond donors (Lipinski definition) is 1. The summed E-state index contributed by atoms with van der Waals surface area (Å²) in [6.07, 6.45) is 7.90. The summed E-state index contributed by atoms with van der Waals surface area (Å²) in [6.45, 7) is 2.72. The van der Waals surface area contributed by atoms with Crippen LogP contribution < -0.4 is 5.11 Å². The summed E-state index contributed by atoms with van der Waals surface area (Å²) in [7, 11) is 0. The smallest absolute Gasteiger partial charge is 0.222 e. The summed E-state index contributed by atoms with van der Waals surface area (Å²) in [6, 6.07) is 8.00. The zero-order valence-electron chi connectivity index (χ0n) is 19.7. The number of fused-ring (bicyclic) bond motifs is 2. The number of amidine groups is 1. The average Bonchev–Trinajstić information content (AvgIpc) is 3.02. The molecule has 2 saturated heterocycles. The number of likely N-dealkylation sites (tertiary alicyclic amines) is 2. The molecule has 1 aliphatic carbocycles. The van der Waals surface area contributed by atoms with Gasteiger partial charge in [0.2, 0.25) is 5.91 Å². The Labute approximate surface area is 223 Å². The van der Waals surface area contributed by atoms with Crippen LogP contribution >= 0.6 is 31.9 Å². The average molecular weight is 602 g/mol. The lowest BCUT2D eigenvalue weighted by Crippen LogP contribution is -2.45. The largest absolute Gasteiger partial charge is 0.846 e. The lowest BCUT2D eigenvalue weighted by molar-refractivity contribution is -0.238. The fraction of sp³-hybridized carbons (Fsp3) is 0.481. The molecule has 3 aliphatic rings. The predicted octanol–water partition coefficient (Wildman–Crippen LogP) is 4.31. The molecule has 2 aliphatic heterocycles. The molecule has 1 aromatic heterocycles. The van der Waals surface area contributed by atoms with Gasteiger partial charge in [0.1, 0.15) is 10.0 Å². The normalized spacial score (nSPS) is 19.2. The number of amides is 1. The molecule has 3 heterocycles. The van der Waals surface area contributed by atoms with Crippen LogP contribution in [0.1, 0.15) is 54.5 Å². The predicted molar refractivity (Wildman–Crippen MR) is 141 cm³/mol. The third kappa shape index (κ3) is 5.24. The van der Waals surface area contributed by atoms with E-state index < -0.39 is 6.02 Å². The van der Waals surface area contributed by atoms with Crippen molar-refractivity contribution in [2.75, 3.05) is 26.2 Å². The number of halogens is 2. The minimum Gasteiger partial charge on any atom is -0.846 e. The number of nitrogens with zero attached hydrogens (tertiary/aromatic N) is 3. The van der Waals surface area contributed by atoms with Gasteiger partial charge in [-0.25, -0.2) is 4.98 Å². The molecular formula is C27H30Br2N4O2. The first kappa shape index (κ1) is 24.6. The molecule has 35 heavy (non-hydrogen) atoms. The van der Waals surface area contributed by atoms with Crippen LogP contribution in [0.3, 0.4) is 0 Å². The molecule has 0 saturated carbocycles. The van der Waals surface area contributed by atoms with Gasteiger partial charge in [0.05, 0.1) is 5.92 Å². The number of hydrogen-bond acceptors (Lipinski definition) is 4. The van der Waals surface area contributed by atoms with Gasteiger partial charge in [-0.05, 0) is 65.7 Å². The van der Waals surface area contributed by atoms with E-state index in [0.717, 1.165) is 66.3 Å². The lowest BCUT2D eigenvalue weighted by atomic mass is 9.76. The van der Waals surface area contributed by atoms with Crippen molar-refractivity contribution in [2.24, 2.45) is 11.8 Å². The number of carbonyl (C=O) groups is 1. The van der Waals surface area contributed by atoms with Crippen molar-refractivity contribution in [3.8, 4) is 0 Å². The molecule has 5 rings (SSSR count). The molecule has 0 spiro atoms. The standard InChI is InChI=1S/C27H30Br2N4O2/c28-21-15-20-4-3-19-2-1-9-31-26(19)25(24(20)22(29)16-21)18-7-12-32(13-8-18)23(34)14-17-5-10-33(11-6-17)27(30)35/h1-2,9,15-18H,3-8,10-14H2,(H-,30,35). The van der Waals surface area contributed by atoms with Crippen molar-refractivity contribution in [3.63, 3.8) is 0 Å². The van der Waals surface area contributed by atoms with E-state index in [2.05, 4.69) is 50.1 Å². The molecule has 8 heteroatoms. The van der Waals surface area contributed by atoms with Gasteiger partial charge < -0.3 is 14.9 Å². The second-order valence-electron chi connectivity index (χ2n) is 9.94. The summed E-state index contributed by atoms with van der Waals surface area (Å²) in [5.74, 6) is 2.22. The third-order valence-corrected chi connectivity index (χ3v) is 8.92. The van der Waals surface area contributed by atoms with Crippen LogP contribution in [0.25, 0.3) is 0 Å². The van der Waals surface area contributed by atoms with Gasteiger partial charge in [0, 0.05) is 101 Å². The van der Waals surface area contributed by atoms with E-state index in [9.17, 15) is 9.90 Å². The number of pyridine rings is 1. The van der Waals surface area contributed by atoms with Gasteiger partial charge in [0.25, 0.3) is 0 Å². The number of rotatable bonds is 3. The number of benzene rings is 1. The Balaban J connectivity index is 1.29. The molecule has 2 fully saturated rings. The number of carbonyl (C=O) groups excluding carboxylic acids is 1. The van der Waals surface area contributed by atoms with Crippen LogP contribution in [0.15, 0.2) is 39.4 Å². The van der Waals surface area contributed by atoms with Gasteiger partial charge in [-0.15, -0.1) is 0 Å². The number of nitrogens with one attached hydrogen (secondary N) is 1. The molecule has 184 valence electrons.